The maximum atomic E-state index is 13.4. The standard InChI is InChI=1S/C23H26N2O2/c1-2-22(13-8-14-22)23(19-11-6-7-12-20(19)24-21(23)27)25-18(16-26)15-17-9-4-3-5-10-17/h2-7,9-12,18,25-26H,1,8,13-16H2,(H,24,27)/t18-,23-/m0/s1. The Hall–Kier alpha value is -2.43. The van der Waals surface area contributed by atoms with Crippen LogP contribution < -0.4 is 10.6 Å². The molecule has 4 rings (SSSR count). The minimum absolute atomic E-state index is 0.0423. The molecule has 27 heavy (non-hydrogen) atoms. The first-order valence-electron chi connectivity index (χ1n) is 9.62. The van der Waals surface area contributed by atoms with Gasteiger partial charge in [0.2, 0.25) is 5.91 Å². The summed E-state index contributed by atoms with van der Waals surface area (Å²) in [5.41, 5.74) is 1.70. The van der Waals surface area contributed by atoms with E-state index in [9.17, 15) is 9.90 Å². The molecule has 4 heteroatoms. The van der Waals surface area contributed by atoms with Gasteiger partial charge in [-0.15, -0.1) is 6.58 Å². The molecule has 1 aliphatic heterocycles. The molecule has 1 fully saturated rings. The van der Waals surface area contributed by atoms with Crippen molar-refractivity contribution in [3.8, 4) is 0 Å². The first-order valence-corrected chi connectivity index (χ1v) is 9.62. The molecule has 4 nitrogen and oxygen atoms in total. The molecule has 0 bridgehead atoms. The number of hydrogen-bond donors (Lipinski definition) is 3. The van der Waals surface area contributed by atoms with E-state index < -0.39 is 5.54 Å². The first kappa shape index (κ1) is 18.0. The number of para-hydroxylation sites is 1. The molecule has 1 saturated carbocycles. The predicted molar refractivity (Wildman–Crippen MR) is 107 cm³/mol. The van der Waals surface area contributed by atoms with Crippen LogP contribution in [0.2, 0.25) is 0 Å². The van der Waals surface area contributed by atoms with E-state index in [0.717, 1.165) is 36.1 Å². The Morgan fingerprint density at radius 1 is 1.15 bits per heavy atom. The lowest BCUT2D eigenvalue weighted by Gasteiger charge is -2.53. The number of fused-ring (bicyclic) bond motifs is 1. The molecule has 2 aromatic carbocycles. The average molecular weight is 362 g/mol. The van der Waals surface area contributed by atoms with Crippen molar-refractivity contribution in [2.24, 2.45) is 5.41 Å². The SMILES string of the molecule is C=CC1([C@@]2(N[C@H](CO)Cc3ccccc3)C(=O)Nc3ccccc32)CCC1. The molecule has 1 aliphatic carbocycles. The molecule has 2 aromatic rings. The molecule has 2 atom stereocenters. The van der Waals surface area contributed by atoms with Gasteiger partial charge in [-0.2, -0.15) is 0 Å². The van der Waals surface area contributed by atoms with Gasteiger partial charge in [0.15, 0.2) is 0 Å². The Kier molecular flexibility index (Phi) is 4.62. The molecule has 140 valence electrons. The third kappa shape index (κ3) is 2.71. The molecular weight excluding hydrogens is 336 g/mol. The summed E-state index contributed by atoms with van der Waals surface area (Å²) in [4.78, 5) is 13.4. The Morgan fingerprint density at radius 3 is 2.48 bits per heavy atom. The molecule has 0 spiro atoms. The minimum atomic E-state index is -0.897. The number of hydrogen-bond acceptors (Lipinski definition) is 3. The highest BCUT2D eigenvalue weighted by Crippen LogP contribution is 2.58. The Bertz CT molecular complexity index is 844. The molecule has 0 radical (unpaired) electrons. The number of aliphatic hydroxyl groups excluding tert-OH is 1. The van der Waals surface area contributed by atoms with E-state index in [1.807, 2.05) is 60.7 Å². The van der Waals surface area contributed by atoms with Crippen LogP contribution in [0.5, 0.6) is 0 Å². The van der Waals surface area contributed by atoms with E-state index in [0.29, 0.717) is 6.42 Å². The lowest BCUT2D eigenvalue weighted by Crippen LogP contribution is -2.64. The van der Waals surface area contributed by atoms with Crippen molar-refractivity contribution in [3.05, 3.63) is 78.4 Å². The molecular formula is C23H26N2O2. The van der Waals surface area contributed by atoms with Gasteiger partial charge in [0.1, 0.15) is 5.54 Å². The van der Waals surface area contributed by atoms with Crippen LogP contribution in [0.25, 0.3) is 0 Å². The zero-order valence-corrected chi connectivity index (χ0v) is 15.4. The third-order valence-electron chi connectivity index (χ3n) is 6.27. The number of rotatable bonds is 7. The number of anilines is 1. The molecule has 0 saturated heterocycles. The fourth-order valence-electron chi connectivity index (χ4n) is 4.69. The van der Waals surface area contributed by atoms with E-state index >= 15 is 0 Å². The van der Waals surface area contributed by atoms with E-state index in [-0.39, 0.29) is 24.0 Å². The Labute approximate surface area is 160 Å². The zero-order chi connectivity index (χ0) is 18.9. The summed E-state index contributed by atoms with van der Waals surface area (Å²) in [7, 11) is 0. The van der Waals surface area contributed by atoms with Crippen molar-refractivity contribution in [2.75, 3.05) is 11.9 Å². The van der Waals surface area contributed by atoms with Crippen molar-refractivity contribution < 1.29 is 9.90 Å². The van der Waals surface area contributed by atoms with E-state index in [1.165, 1.54) is 0 Å². The van der Waals surface area contributed by atoms with Gasteiger partial charge in [-0.3, -0.25) is 10.1 Å². The number of benzene rings is 2. The molecule has 0 unspecified atom stereocenters. The van der Waals surface area contributed by atoms with Crippen molar-refractivity contribution in [1.29, 1.82) is 0 Å². The second-order valence-electron chi connectivity index (χ2n) is 7.68. The normalized spacial score (nSPS) is 23.8. The average Bonchev–Trinajstić information content (AvgIpc) is 2.94. The van der Waals surface area contributed by atoms with Crippen LogP contribution in [0.3, 0.4) is 0 Å². The predicted octanol–water partition coefficient (Wildman–Crippen LogP) is 3.38. The van der Waals surface area contributed by atoms with E-state index in [4.69, 9.17) is 0 Å². The third-order valence-corrected chi connectivity index (χ3v) is 6.27. The zero-order valence-electron chi connectivity index (χ0n) is 15.4. The van der Waals surface area contributed by atoms with Crippen LogP contribution in [0.4, 0.5) is 5.69 Å². The quantitative estimate of drug-likeness (QED) is 0.662. The van der Waals surface area contributed by atoms with Gasteiger partial charge in [-0.25, -0.2) is 0 Å². The summed E-state index contributed by atoms with van der Waals surface area (Å²) in [6.07, 6.45) is 5.50. The molecule has 3 N–H and O–H groups in total. The smallest absolute Gasteiger partial charge is 0.250 e. The highest BCUT2D eigenvalue weighted by Gasteiger charge is 2.62. The largest absolute Gasteiger partial charge is 0.395 e. The van der Waals surface area contributed by atoms with E-state index in [2.05, 4.69) is 17.2 Å². The van der Waals surface area contributed by atoms with E-state index in [1.54, 1.807) is 0 Å². The van der Waals surface area contributed by atoms with Gasteiger partial charge in [-0.1, -0.05) is 61.0 Å². The van der Waals surface area contributed by atoms with Crippen molar-refractivity contribution >= 4 is 11.6 Å². The highest BCUT2D eigenvalue weighted by molar-refractivity contribution is 6.07. The van der Waals surface area contributed by atoms with Crippen LogP contribution in [-0.4, -0.2) is 23.7 Å². The molecule has 2 aliphatic rings. The topological polar surface area (TPSA) is 61.4 Å². The number of carbonyl (C=O) groups is 1. The summed E-state index contributed by atoms with van der Waals surface area (Å²) in [5, 5.41) is 16.8. The summed E-state index contributed by atoms with van der Waals surface area (Å²) < 4.78 is 0. The number of amides is 1. The number of carbonyl (C=O) groups excluding carboxylic acids is 1. The van der Waals surface area contributed by atoms with Crippen molar-refractivity contribution in [3.63, 3.8) is 0 Å². The monoisotopic (exact) mass is 362 g/mol. The summed E-state index contributed by atoms with van der Waals surface area (Å²) in [6, 6.07) is 17.7. The number of aliphatic hydroxyl groups is 1. The van der Waals surface area contributed by atoms with Crippen LogP contribution in [0, 0.1) is 5.41 Å². The molecule has 0 aromatic heterocycles. The van der Waals surface area contributed by atoms with Crippen molar-refractivity contribution in [1.82, 2.24) is 5.32 Å². The lowest BCUT2D eigenvalue weighted by molar-refractivity contribution is -0.130. The summed E-state index contributed by atoms with van der Waals surface area (Å²) >= 11 is 0. The maximum Gasteiger partial charge on any atom is 0.250 e. The second kappa shape index (κ2) is 6.95. The summed E-state index contributed by atoms with van der Waals surface area (Å²) in [5.74, 6) is -0.0465. The molecule has 1 amide bonds. The second-order valence-corrected chi connectivity index (χ2v) is 7.68. The molecule has 1 heterocycles. The maximum absolute atomic E-state index is 13.4. The van der Waals surface area contributed by atoms with Gasteiger partial charge in [0, 0.05) is 22.7 Å². The van der Waals surface area contributed by atoms with Gasteiger partial charge in [0.25, 0.3) is 0 Å². The fourth-order valence-corrected chi connectivity index (χ4v) is 4.69. The Balaban J connectivity index is 1.76. The van der Waals surface area contributed by atoms with Crippen LogP contribution in [0.15, 0.2) is 67.3 Å². The van der Waals surface area contributed by atoms with Crippen LogP contribution in [0.1, 0.15) is 30.4 Å². The van der Waals surface area contributed by atoms with Gasteiger partial charge in [-0.05, 0) is 30.9 Å². The highest BCUT2D eigenvalue weighted by atomic mass is 16.3. The van der Waals surface area contributed by atoms with Gasteiger partial charge in [0.05, 0.1) is 6.61 Å². The number of nitrogens with one attached hydrogen (secondary N) is 2. The van der Waals surface area contributed by atoms with Gasteiger partial charge < -0.3 is 10.4 Å². The fraction of sp³-hybridized carbons (Fsp3) is 0.348. The van der Waals surface area contributed by atoms with Crippen LogP contribution in [-0.2, 0) is 16.8 Å². The Morgan fingerprint density at radius 2 is 1.85 bits per heavy atom. The summed E-state index contributed by atoms with van der Waals surface area (Å²) in [6.45, 7) is 4.04. The van der Waals surface area contributed by atoms with Gasteiger partial charge >= 0.3 is 0 Å². The first-order chi connectivity index (χ1) is 13.1. The lowest BCUT2D eigenvalue weighted by atomic mass is 9.55. The van der Waals surface area contributed by atoms with Crippen molar-refractivity contribution in [2.45, 2.75) is 37.3 Å². The minimum Gasteiger partial charge on any atom is -0.395 e. The van der Waals surface area contributed by atoms with Crippen LogP contribution >= 0.6 is 0 Å².